The van der Waals surface area contributed by atoms with E-state index >= 15 is 0 Å². The smallest absolute Gasteiger partial charge is 0.226 e. The standard InChI is InChI=1S/C14H25NO2/c1-2-17-11-10-14(8-5-9-14)13(16)15-12-6-3-4-7-12/h12H,2-11H2,1H3,(H,15,16). The van der Waals surface area contributed by atoms with E-state index in [1.165, 1.54) is 32.1 Å². The van der Waals surface area contributed by atoms with Crippen molar-refractivity contribution in [3.8, 4) is 0 Å². The predicted octanol–water partition coefficient (Wildman–Crippen LogP) is 2.64. The molecular weight excluding hydrogens is 214 g/mol. The first kappa shape index (κ1) is 12.9. The largest absolute Gasteiger partial charge is 0.382 e. The van der Waals surface area contributed by atoms with E-state index in [9.17, 15) is 4.79 Å². The zero-order valence-corrected chi connectivity index (χ0v) is 11.0. The quantitative estimate of drug-likeness (QED) is 0.724. The second-order valence-electron chi connectivity index (χ2n) is 5.54. The lowest BCUT2D eigenvalue weighted by atomic mass is 9.66. The molecule has 3 heteroatoms. The van der Waals surface area contributed by atoms with E-state index < -0.39 is 0 Å². The lowest BCUT2D eigenvalue weighted by Gasteiger charge is -2.41. The first-order valence-corrected chi connectivity index (χ1v) is 7.15. The zero-order chi connectivity index (χ0) is 12.1. The molecular formula is C14H25NO2. The summed E-state index contributed by atoms with van der Waals surface area (Å²) in [6.45, 7) is 3.49. The Bertz CT molecular complexity index is 255. The van der Waals surface area contributed by atoms with Crippen LogP contribution in [0.1, 0.15) is 58.3 Å². The van der Waals surface area contributed by atoms with Gasteiger partial charge in [-0.05, 0) is 39.0 Å². The van der Waals surface area contributed by atoms with Crippen LogP contribution in [0, 0.1) is 5.41 Å². The zero-order valence-electron chi connectivity index (χ0n) is 11.0. The molecule has 3 nitrogen and oxygen atoms in total. The molecule has 2 fully saturated rings. The van der Waals surface area contributed by atoms with Crippen LogP contribution in [0.3, 0.4) is 0 Å². The molecule has 0 bridgehead atoms. The molecule has 0 heterocycles. The second kappa shape index (κ2) is 5.85. The van der Waals surface area contributed by atoms with Crippen LogP contribution in [0.15, 0.2) is 0 Å². The Morgan fingerprint density at radius 2 is 2.00 bits per heavy atom. The van der Waals surface area contributed by atoms with E-state index in [0.717, 1.165) is 32.5 Å². The molecule has 0 saturated heterocycles. The van der Waals surface area contributed by atoms with Gasteiger partial charge in [-0.1, -0.05) is 19.3 Å². The molecule has 0 unspecified atom stereocenters. The summed E-state index contributed by atoms with van der Waals surface area (Å²) in [6.07, 6.45) is 9.11. The minimum absolute atomic E-state index is 0.0856. The molecule has 2 rings (SSSR count). The Morgan fingerprint density at radius 3 is 2.53 bits per heavy atom. The van der Waals surface area contributed by atoms with Gasteiger partial charge in [-0.25, -0.2) is 0 Å². The minimum atomic E-state index is -0.0856. The van der Waals surface area contributed by atoms with Crippen molar-refractivity contribution in [1.29, 1.82) is 0 Å². The van der Waals surface area contributed by atoms with Crippen LogP contribution in [0.25, 0.3) is 0 Å². The van der Waals surface area contributed by atoms with E-state index in [0.29, 0.717) is 11.9 Å². The molecule has 1 N–H and O–H groups in total. The van der Waals surface area contributed by atoms with Gasteiger partial charge in [0, 0.05) is 19.3 Å². The molecule has 2 aliphatic rings. The third-order valence-corrected chi connectivity index (χ3v) is 4.41. The molecule has 0 aliphatic heterocycles. The van der Waals surface area contributed by atoms with Crippen LogP contribution in [0.5, 0.6) is 0 Å². The van der Waals surface area contributed by atoms with Gasteiger partial charge in [-0.3, -0.25) is 4.79 Å². The van der Waals surface area contributed by atoms with Gasteiger partial charge in [0.2, 0.25) is 5.91 Å². The second-order valence-corrected chi connectivity index (χ2v) is 5.54. The molecule has 98 valence electrons. The van der Waals surface area contributed by atoms with Crippen molar-refractivity contribution in [3.05, 3.63) is 0 Å². The van der Waals surface area contributed by atoms with Crippen LogP contribution >= 0.6 is 0 Å². The van der Waals surface area contributed by atoms with Crippen LogP contribution in [0.2, 0.25) is 0 Å². The summed E-state index contributed by atoms with van der Waals surface area (Å²) in [5, 5.41) is 3.25. The lowest BCUT2D eigenvalue weighted by molar-refractivity contribution is -0.138. The van der Waals surface area contributed by atoms with Crippen molar-refractivity contribution < 1.29 is 9.53 Å². The van der Waals surface area contributed by atoms with Gasteiger partial charge < -0.3 is 10.1 Å². The highest BCUT2D eigenvalue weighted by molar-refractivity contribution is 5.83. The average molecular weight is 239 g/mol. The summed E-state index contributed by atoms with van der Waals surface area (Å²) in [5.74, 6) is 0.301. The maximum absolute atomic E-state index is 12.3. The minimum Gasteiger partial charge on any atom is -0.382 e. The van der Waals surface area contributed by atoms with Crippen LogP contribution in [-0.4, -0.2) is 25.2 Å². The first-order valence-electron chi connectivity index (χ1n) is 7.15. The summed E-state index contributed by atoms with van der Waals surface area (Å²) in [5.41, 5.74) is -0.0856. The van der Waals surface area contributed by atoms with Gasteiger partial charge in [-0.15, -0.1) is 0 Å². The monoisotopic (exact) mass is 239 g/mol. The SMILES string of the molecule is CCOCCC1(C(=O)NC2CCCC2)CCC1. The molecule has 0 atom stereocenters. The molecule has 17 heavy (non-hydrogen) atoms. The van der Waals surface area contributed by atoms with Gasteiger partial charge in [0.05, 0.1) is 5.41 Å². The summed E-state index contributed by atoms with van der Waals surface area (Å²) < 4.78 is 5.41. The Morgan fingerprint density at radius 1 is 1.29 bits per heavy atom. The summed E-state index contributed by atoms with van der Waals surface area (Å²) in [6, 6.07) is 0.451. The molecule has 2 aliphatic carbocycles. The fourth-order valence-electron chi connectivity index (χ4n) is 3.01. The van der Waals surface area contributed by atoms with Crippen molar-refractivity contribution >= 4 is 5.91 Å². The number of ether oxygens (including phenoxy) is 1. The third kappa shape index (κ3) is 3.01. The van der Waals surface area contributed by atoms with Gasteiger partial charge >= 0.3 is 0 Å². The fraction of sp³-hybridized carbons (Fsp3) is 0.929. The molecule has 0 radical (unpaired) electrons. The maximum Gasteiger partial charge on any atom is 0.226 e. The highest BCUT2D eigenvalue weighted by Gasteiger charge is 2.44. The third-order valence-electron chi connectivity index (χ3n) is 4.41. The Balaban J connectivity index is 1.81. The van der Waals surface area contributed by atoms with Crippen molar-refractivity contribution in [2.24, 2.45) is 5.41 Å². The van der Waals surface area contributed by atoms with E-state index in [2.05, 4.69) is 5.32 Å². The number of rotatable bonds is 6. The number of amides is 1. The van der Waals surface area contributed by atoms with Crippen LogP contribution in [0.4, 0.5) is 0 Å². The van der Waals surface area contributed by atoms with Crippen LogP contribution < -0.4 is 5.32 Å². The Kier molecular flexibility index (Phi) is 4.43. The normalized spacial score (nSPS) is 23.4. The number of hydrogen-bond donors (Lipinski definition) is 1. The molecule has 2 saturated carbocycles. The van der Waals surface area contributed by atoms with E-state index in [-0.39, 0.29) is 5.41 Å². The van der Waals surface area contributed by atoms with Crippen molar-refractivity contribution in [2.45, 2.75) is 64.3 Å². The van der Waals surface area contributed by atoms with Crippen LogP contribution in [-0.2, 0) is 9.53 Å². The first-order chi connectivity index (χ1) is 8.27. The van der Waals surface area contributed by atoms with Crippen molar-refractivity contribution in [2.75, 3.05) is 13.2 Å². The van der Waals surface area contributed by atoms with Gasteiger partial charge in [0.25, 0.3) is 0 Å². The molecule has 0 spiro atoms. The maximum atomic E-state index is 12.3. The molecule has 0 aromatic rings. The predicted molar refractivity (Wildman–Crippen MR) is 67.8 cm³/mol. The number of carbonyl (C=O) groups excluding carboxylic acids is 1. The van der Waals surface area contributed by atoms with Gasteiger partial charge in [0.15, 0.2) is 0 Å². The van der Waals surface area contributed by atoms with E-state index in [1.54, 1.807) is 0 Å². The highest BCUT2D eigenvalue weighted by atomic mass is 16.5. The molecule has 0 aromatic heterocycles. The van der Waals surface area contributed by atoms with E-state index in [4.69, 9.17) is 4.74 Å². The topological polar surface area (TPSA) is 38.3 Å². The number of carbonyl (C=O) groups is 1. The summed E-state index contributed by atoms with van der Waals surface area (Å²) in [7, 11) is 0. The number of hydrogen-bond acceptors (Lipinski definition) is 2. The van der Waals surface area contributed by atoms with E-state index in [1.807, 2.05) is 6.92 Å². The molecule has 1 amide bonds. The molecule has 0 aromatic carbocycles. The van der Waals surface area contributed by atoms with Crippen molar-refractivity contribution in [3.63, 3.8) is 0 Å². The van der Waals surface area contributed by atoms with Gasteiger partial charge in [-0.2, -0.15) is 0 Å². The average Bonchev–Trinajstić information content (AvgIpc) is 2.74. The van der Waals surface area contributed by atoms with Crippen molar-refractivity contribution in [1.82, 2.24) is 5.32 Å². The number of nitrogens with one attached hydrogen (secondary N) is 1. The summed E-state index contributed by atoms with van der Waals surface area (Å²) >= 11 is 0. The Hall–Kier alpha value is -0.570. The Labute approximate surface area is 104 Å². The lowest BCUT2D eigenvalue weighted by Crippen LogP contribution is -2.49. The van der Waals surface area contributed by atoms with Gasteiger partial charge in [0.1, 0.15) is 0 Å². The fourth-order valence-corrected chi connectivity index (χ4v) is 3.01. The highest BCUT2D eigenvalue weighted by Crippen LogP contribution is 2.44. The summed E-state index contributed by atoms with van der Waals surface area (Å²) in [4.78, 5) is 12.3.